The fraction of sp³-hybridized carbons (Fsp3) is 1.00. The zero-order chi connectivity index (χ0) is 15.2. The molecular weight excluding hydrogens is 266 g/mol. The van der Waals surface area contributed by atoms with Crippen LogP contribution in [-0.2, 0) is 8.85 Å². The van der Waals surface area contributed by atoms with Gasteiger partial charge in [0.1, 0.15) is 0 Å². The zero-order valence-electron chi connectivity index (χ0n) is 14.5. The van der Waals surface area contributed by atoms with E-state index in [4.69, 9.17) is 8.85 Å². The first-order chi connectivity index (χ1) is 9.62. The second-order valence-corrected chi connectivity index (χ2v) is 9.67. The lowest BCUT2D eigenvalue weighted by atomic mass is 9.83. The van der Waals surface area contributed by atoms with Gasteiger partial charge in [0.25, 0.3) is 0 Å². The van der Waals surface area contributed by atoms with Gasteiger partial charge in [-0.2, -0.15) is 0 Å². The van der Waals surface area contributed by atoms with Gasteiger partial charge in [0, 0.05) is 19.3 Å². The van der Waals surface area contributed by atoms with E-state index in [1.54, 1.807) is 0 Å². The van der Waals surface area contributed by atoms with E-state index in [2.05, 4.69) is 32.3 Å². The quantitative estimate of drug-likeness (QED) is 0.592. The third kappa shape index (κ3) is 2.72. The molecule has 0 aromatic carbocycles. The number of hydrogen-bond donors (Lipinski definition) is 0. The summed E-state index contributed by atoms with van der Waals surface area (Å²) in [5.74, 6) is 0.685. The number of nitrogens with zero attached hydrogens (tertiary/aromatic N) is 1. The van der Waals surface area contributed by atoms with E-state index in [9.17, 15) is 0 Å². The molecule has 120 valence electrons. The summed E-state index contributed by atoms with van der Waals surface area (Å²) in [5, 5.41) is 0.199. The SMILES string of the molecule is CCC(CC)C(CC)(CC)[Si](OC)(OC)N1CCCC1. The van der Waals surface area contributed by atoms with Crippen molar-refractivity contribution in [1.82, 2.24) is 4.57 Å². The smallest absolute Gasteiger partial charge is 0.386 e. The minimum absolute atomic E-state index is 0.199. The minimum atomic E-state index is -2.36. The molecule has 1 fully saturated rings. The third-order valence-corrected chi connectivity index (χ3v) is 10.5. The highest BCUT2D eigenvalue weighted by molar-refractivity contribution is 6.68. The minimum Gasteiger partial charge on any atom is -0.386 e. The van der Waals surface area contributed by atoms with Gasteiger partial charge < -0.3 is 8.85 Å². The Morgan fingerprint density at radius 3 is 1.70 bits per heavy atom. The van der Waals surface area contributed by atoms with Crippen molar-refractivity contribution < 1.29 is 8.85 Å². The number of hydrogen-bond acceptors (Lipinski definition) is 3. The summed E-state index contributed by atoms with van der Waals surface area (Å²) in [6.07, 6.45) is 7.31. The predicted molar refractivity (Wildman–Crippen MR) is 87.9 cm³/mol. The summed E-state index contributed by atoms with van der Waals surface area (Å²) in [6.45, 7) is 11.6. The Labute approximate surface area is 127 Å². The van der Waals surface area contributed by atoms with Crippen molar-refractivity contribution in [2.24, 2.45) is 5.92 Å². The molecule has 0 aromatic rings. The van der Waals surface area contributed by atoms with E-state index in [1.165, 1.54) is 25.7 Å². The van der Waals surface area contributed by atoms with E-state index in [0.717, 1.165) is 25.9 Å². The topological polar surface area (TPSA) is 21.7 Å². The maximum absolute atomic E-state index is 6.25. The molecule has 0 unspecified atom stereocenters. The Bertz CT molecular complexity index is 252. The Kier molecular flexibility index (Phi) is 7.19. The molecule has 0 radical (unpaired) electrons. The van der Waals surface area contributed by atoms with Crippen molar-refractivity contribution in [2.75, 3.05) is 27.3 Å². The fourth-order valence-electron chi connectivity index (χ4n) is 4.68. The highest BCUT2D eigenvalue weighted by Crippen LogP contribution is 2.55. The van der Waals surface area contributed by atoms with Crippen LogP contribution < -0.4 is 0 Å². The third-order valence-electron chi connectivity index (χ3n) is 5.73. The van der Waals surface area contributed by atoms with Gasteiger partial charge in [-0.05, 0) is 44.7 Å². The molecule has 0 amide bonds. The summed E-state index contributed by atoms with van der Waals surface area (Å²) in [7, 11) is 1.41. The van der Waals surface area contributed by atoms with E-state index in [1.807, 2.05) is 14.2 Å². The molecule has 1 aliphatic rings. The predicted octanol–water partition coefficient (Wildman–Crippen LogP) is 4.31. The second kappa shape index (κ2) is 7.92. The molecule has 1 rings (SSSR count). The highest BCUT2D eigenvalue weighted by Gasteiger charge is 2.62. The van der Waals surface area contributed by atoms with Gasteiger partial charge in [0.05, 0.1) is 0 Å². The average molecular weight is 302 g/mol. The second-order valence-electron chi connectivity index (χ2n) is 6.06. The van der Waals surface area contributed by atoms with Gasteiger partial charge >= 0.3 is 8.72 Å². The molecule has 0 N–H and O–H groups in total. The van der Waals surface area contributed by atoms with Gasteiger partial charge in [0.15, 0.2) is 0 Å². The van der Waals surface area contributed by atoms with Crippen LogP contribution in [0, 0.1) is 5.92 Å². The highest BCUT2D eigenvalue weighted by atomic mass is 28.4. The van der Waals surface area contributed by atoms with Crippen LogP contribution in [0.15, 0.2) is 0 Å². The van der Waals surface area contributed by atoms with Gasteiger partial charge in [-0.1, -0.05) is 40.5 Å². The van der Waals surface area contributed by atoms with Crippen LogP contribution in [0.4, 0.5) is 0 Å². The largest absolute Gasteiger partial charge is 0.434 e. The normalized spacial score (nSPS) is 18.1. The van der Waals surface area contributed by atoms with Crippen molar-refractivity contribution in [3.05, 3.63) is 0 Å². The summed E-state index contributed by atoms with van der Waals surface area (Å²) in [5.41, 5.74) is 0. The summed E-state index contributed by atoms with van der Waals surface area (Å²) < 4.78 is 15.1. The van der Waals surface area contributed by atoms with Crippen molar-refractivity contribution >= 4 is 8.72 Å². The molecule has 4 heteroatoms. The molecule has 0 atom stereocenters. The van der Waals surface area contributed by atoms with Crippen molar-refractivity contribution in [2.45, 2.75) is 71.3 Å². The van der Waals surface area contributed by atoms with Crippen LogP contribution in [0.1, 0.15) is 66.2 Å². The molecule has 0 spiro atoms. The lowest BCUT2D eigenvalue weighted by molar-refractivity contribution is 0.105. The van der Waals surface area contributed by atoms with Gasteiger partial charge in [-0.15, -0.1) is 0 Å². The first kappa shape index (κ1) is 18.1. The van der Waals surface area contributed by atoms with Crippen LogP contribution in [0.25, 0.3) is 0 Å². The Morgan fingerprint density at radius 2 is 1.40 bits per heavy atom. The van der Waals surface area contributed by atoms with Crippen molar-refractivity contribution in [3.8, 4) is 0 Å². The van der Waals surface area contributed by atoms with Gasteiger partial charge in [0.2, 0.25) is 0 Å². The zero-order valence-corrected chi connectivity index (χ0v) is 15.5. The molecule has 3 nitrogen and oxygen atoms in total. The summed E-state index contributed by atoms with van der Waals surface area (Å²) in [4.78, 5) is 0. The van der Waals surface area contributed by atoms with Gasteiger partial charge in [-0.3, -0.25) is 4.57 Å². The van der Waals surface area contributed by atoms with Crippen LogP contribution in [-0.4, -0.2) is 40.6 Å². The number of rotatable bonds is 9. The molecule has 0 aromatic heterocycles. The lowest BCUT2D eigenvalue weighted by Crippen LogP contribution is -2.66. The molecule has 1 aliphatic heterocycles. The first-order valence-corrected chi connectivity index (χ1v) is 10.2. The van der Waals surface area contributed by atoms with E-state index < -0.39 is 8.72 Å². The standard InChI is InChI=1S/C16H35NO2Si/c1-7-15(8-2)16(9-3,10-4)20(18-5,19-6)17-13-11-12-14-17/h15H,7-14H2,1-6H3. The van der Waals surface area contributed by atoms with E-state index in [0.29, 0.717) is 5.92 Å². The molecule has 0 aliphatic carbocycles. The van der Waals surface area contributed by atoms with Crippen LogP contribution in [0.5, 0.6) is 0 Å². The van der Waals surface area contributed by atoms with Gasteiger partial charge in [-0.25, -0.2) is 0 Å². The maximum atomic E-state index is 6.25. The molecular formula is C16H35NO2Si. The Balaban J connectivity index is 3.29. The molecule has 20 heavy (non-hydrogen) atoms. The summed E-state index contributed by atoms with van der Waals surface area (Å²) in [6, 6.07) is 0. The average Bonchev–Trinajstić information content (AvgIpc) is 3.02. The maximum Gasteiger partial charge on any atom is 0.434 e. The molecule has 1 heterocycles. The van der Waals surface area contributed by atoms with Crippen molar-refractivity contribution in [1.29, 1.82) is 0 Å². The molecule has 0 bridgehead atoms. The van der Waals surface area contributed by atoms with Crippen LogP contribution >= 0.6 is 0 Å². The molecule has 0 saturated carbocycles. The fourth-order valence-corrected chi connectivity index (χ4v) is 9.53. The Morgan fingerprint density at radius 1 is 0.950 bits per heavy atom. The monoisotopic (exact) mass is 301 g/mol. The molecule has 1 saturated heterocycles. The van der Waals surface area contributed by atoms with E-state index in [-0.39, 0.29) is 5.04 Å². The Hall–Kier alpha value is 0.0969. The van der Waals surface area contributed by atoms with Crippen LogP contribution in [0.2, 0.25) is 5.04 Å². The van der Waals surface area contributed by atoms with Crippen molar-refractivity contribution in [3.63, 3.8) is 0 Å². The van der Waals surface area contributed by atoms with E-state index >= 15 is 0 Å². The van der Waals surface area contributed by atoms with Crippen LogP contribution in [0.3, 0.4) is 0 Å². The first-order valence-electron chi connectivity index (χ1n) is 8.47. The lowest BCUT2D eigenvalue weighted by Gasteiger charge is -2.52. The summed E-state index contributed by atoms with van der Waals surface area (Å²) >= 11 is 0.